The van der Waals surface area contributed by atoms with Crippen molar-refractivity contribution in [1.82, 2.24) is 9.97 Å². The smallest absolute Gasteiger partial charge is 0.411 e. The molecule has 0 radical (unpaired) electrons. The number of aromatic nitrogens is 2. The van der Waals surface area contributed by atoms with Gasteiger partial charge in [-0.2, -0.15) is 12.6 Å². The first-order valence-electron chi connectivity index (χ1n) is 5.42. The van der Waals surface area contributed by atoms with E-state index in [1.54, 1.807) is 24.5 Å². The number of para-hydroxylation sites is 1. The van der Waals surface area contributed by atoms with Gasteiger partial charge in [-0.05, 0) is 12.1 Å². The summed E-state index contributed by atoms with van der Waals surface area (Å²) in [6, 6.07) is 9.11. The van der Waals surface area contributed by atoms with Crippen LogP contribution in [0.5, 0.6) is 0 Å². The molecule has 0 saturated heterocycles. The molecule has 0 aliphatic carbocycles. The maximum absolute atomic E-state index is 11.5. The average molecular weight is 263 g/mol. The van der Waals surface area contributed by atoms with Crippen molar-refractivity contribution in [2.45, 2.75) is 5.25 Å². The molecule has 6 heteroatoms. The number of H-pyrrole nitrogens is 1. The molecule has 0 fully saturated rings. The topological polar surface area (TPSA) is 67.0 Å². The minimum absolute atomic E-state index is 0.148. The van der Waals surface area contributed by atoms with Crippen LogP contribution in [0.1, 0.15) is 11.1 Å². The zero-order valence-corrected chi connectivity index (χ0v) is 10.4. The van der Waals surface area contributed by atoms with E-state index in [0.717, 1.165) is 0 Å². The standard InChI is InChI=1S/C12H13N3O2S/c16-12(15-9-4-2-1-3-5-9)17-8-10(18)11-13-6-7-14-11/h1-7,10,18H,8H2,(H,13,14)(H,15,16). The van der Waals surface area contributed by atoms with E-state index in [4.69, 9.17) is 4.74 Å². The SMILES string of the molecule is O=C(Nc1ccccc1)OCC(S)c1ncc[nH]1. The summed E-state index contributed by atoms with van der Waals surface area (Å²) in [6.45, 7) is 0.148. The van der Waals surface area contributed by atoms with Crippen LogP contribution >= 0.6 is 12.6 Å². The van der Waals surface area contributed by atoms with Gasteiger partial charge in [0.25, 0.3) is 0 Å². The van der Waals surface area contributed by atoms with E-state index in [2.05, 4.69) is 27.9 Å². The van der Waals surface area contributed by atoms with Crippen molar-refractivity contribution in [3.05, 3.63) is 48.5 Å². The molecule has 0 bridgehead atoms. The number of ether oxygens (including phenoxy) is 1. The number of anilines is 1. The maximum Gasteiger partial charge on any atom is 0.411 e. The van der Waals surface area contributed by atoms with Crippen molar-refractivity contribution < 1.29 is 9.53 Å². The normalized spacial score (nSPS) is 11.8. The molecule has 0 spiro atoms. The number of carbonyl (C=O) groups excluding carboxylic acids is 1. The van der Waals surface area contributed by atoms with Gasteiger partial charge < -0.3 is 9.72 Å². The van der Waals surface area contributed by atoms with E-state index in [9.17, 15) is 4.79 Å². The molecule has 94 valence electrons. The third-order valence-electron chi connectivity index (χ3n) is 2.23. The first-order valence-corrected chi connectivity index (χ1v) is 5.93. The Bertz CT molecular complexity index is 487. The fourth-order valence-corrected chi connectivity index (χ4v) is 1.58. The number of rotatable bonds is 4. The van der Waals surface area contributed by atoms with Crippen molar-refractivity contribution in [2.24, 2.45) is 0 Å². The summed E-state index contributed by atoms with van der Waals surface area (Å²) < 4.78 is 5.05. The highest BCUT2D eigenvalue weighted by Crippen LogP contribution is 2.15. The number of nitrogens with one attached hydrogen (secondary N) is 2. The minimum atomic E-state index is -0.508. The number of benzene rings is 1. The maximum atomic E-state index is 11.5. The summed E-state index contributed by atoms with van der Waals surface area (Å²) in [5.41, 5.74) is 0.691. The molecule has 5 nitrogen and oxygen atoms in total. The van der Waals surface area contributed by atoms with Crippen LogP contribution in [0.25, 0.3) is 0 Å². The molecule has 1 amide bonds. The Morgan fingerprint density at radius 1 is 1.44 bits per heavy atom. The van der Waals surface area contributed by atoms with Gasteiger partial charge in [0.05, 0.1) is 5.25 Å². The first kappa shape index (κ1) is 12.5. The third-order valence-corrected chi connectivity index (χ3v) is 2.62. The number of aromatic amines is 1. The monoisotopic (exact) mass is 263 g/mol. The van der Waals surface area contributed by atoms with Crippen LogP contribution in [0, 0.1) is 0 Å². The number of hydrogen-bond donors (Lipinski definition) is 3. The lowest BCUT2D eigenvalue weighted by Crippen LogP contribution is -2.16. The second-order valence-electron chi connectivity index (χ2n) is 3.58. The van der Waals surface area contributed by atoms with E-state index >= 15 is 0 Å². The molecule has 1 aromatic heterocycles. The van der Waals surface area contributed by atoms with E-state index in [0.29, 0.717) is 11.5 Å². The zero-order valence-electron chi connectivity index (χ0n) is 9.54. The number of imidazole rings is 1. The van der Waals surface area contributed by atoms with Crippen molar-refractivity contribution in [3.8, 4) is 0 Å². The molecular weight excluding hydrogens is 250 g/mol. The van der Waals surface area contributed by atoms with E-state index < -0.39 is 6.09 Å². The Balaban J connectivity index is 1.79. The van der Waals surface area contributed by atoms with Crippen LogP contribution in [-0.2, 0) is 4.74 Å². The molecule has 0 saturated carbocycles. The number of carbonyl (C=O) groups is 1. The summed E-state index contributed by atoms with van der Waals surface area (Å²) in [5, 5.41) is 2.35. The van der Waals surface area contributed by atoms with Crippen molar-refractivity contribution >= 4 is 24.4 Å². The first-order chi connectivity index (χ1) is 8.75. The van der Waals surface area contributed by atoms with Crippen molar-refractivity contribution in [1.29, 1.82) is 0 Å². The van der Waals surface area contributed by atoms with Gasteiger partial charge in [0.1, 0.15) is 12.4 Å². The van der Waals surface area contributed by atoms with Gasteiger partial charge in [-0.25, -0.2) is 9.78 Å². The Hall–Kier alpha value is -1.95. The predicted molar refractivity (Wildman–Crippen MR) is 71.7 cm³/mol. The Kier molecular flexibility index (Phi) is 4.25. The van der Waals surface area contributed by atoms with Crippen LogP contribution in [0.2, 0.25) is 0 Å². The summed E-state index contributed by atoms with van der Waals surface area (Å²) in [4.78, 5) is 18.4. The van der Waals surface area contributed by atoms with Crippen molar-refractivity contribution in [2.75, 3.05) is 11.9 Å². The van der Waals surface area contributed by atoms with Crippen LogP contribution in [0.3, 0.4) is 0 Å². The fraction of sp³-hybridized carbons (Fsp3) is 0.167. The Morgan fingerprint density at radius 2 is 2.22 bits per heavy atom. The van der Waals surface area contributed by atoms with E-state index in [-0.39, 0.29) is 11.9 Å². The zero-order chi connectivity index (χ0) is 12.8. The lowest BCUT2D eigenvalue weighted by Gasteiger charge is -2.10. The number of nitrogens with zero attached hydrogens (tertiary/aromatic N) is 1. The summed E-state index contributed by atoms with van der Waals surface area (Å²) in [7, 11) is 0. The van der Waals surface area contributed by atoms with Gasteiger partial charge in [0.2, 0.25) is 0 Å². The molecular formula is C12H13N3O2S. The average Bonchev–Trinajstić information content (AvgIpc) is 2.91. The van der Waals surface area contributed by atoms with Crippen LogP contribution in [0.4, 0.5) is 10.5 Å². The molecule has 2 N–H and O–H groups in total. The van der Waals surface area contributed by atoms with Gasteiger partial charge in [0.15, 0.2) is 0 Å². The molecule has 1 atom stereocenters. The van der Waals surface area contributed by atoms with Crippen molar-refractivity contribution in [3.63, 3.8) is 0 Å². The second-order valence-corrected chi connectivity index (χ2v) is 4.20. The molecule has 2 aromatic rings. The molecule has 2 rings (SSSR count). The van der Waals surface area contributed by atoms with Gasteiger partial charge in [-0.3, -0.25) is 5.32 Å². The molecule has 0 aliphatic heterocycles. The second kappa shape index (κ2) is 6.11. The number of hydrogen-bond acceptors (Lipinski definition) is 4. The molecule has 18 heavy (non-hydrogen) atoms. The van der Waals surface area contributed by atoms with Crippen LogP contribution < -0.4 is 5.32 Å². The van der Waals surface area contributed by atoms with Crippen LogP contribution in [0.15, 0.2) is 42.7 Å². The van der Waals surface area contributed by atoms with E-state index in [1.807, 2.05) is 18.2 Å². The van der Waals surface area contributed by atoms with Gasteiger partial charge >= 0.3 is 6.09 Å². The quantitative estimate of drug-likeness (QED) is 0.743. The highest BCUT2D eigenvalue weighted by Gasteiger charge is 2.11. The summed E-state index contributed by atoms with van der Waals surface area (Å²) in [5.74, 6) is 0.672. The minimum Gasteiger partial charge on any atom is -0.448 e. The molecule has 1 unspecified atom stereocenters. The Morgan fingerprint density at radius 3 is 2.89 bits per heavy atom. The lowest BCUT2D eigenvalue weighted by molar-refractivity contribution is 0.161. The Labute approximate surface area is 110 Å². The predicted octanol–water partition coefficient (Wildman–Crippen LogP) is 2.63. The number of amides is 1. The van der Waals surface area contributed by atoms with Crippen LogP contribution in [-0.4, -0.2) is 22.7 Å². The summed E-state index contributed by atoms with van der Waals surface area (Å²) in [6.07, 6.45) is 2.82. The number of thiol groups is 1. The lowest BCUT2D eigenvalue weighted by atomic mass is 10.3. The molecule has 1 heterocycles. The third kappa shape index (κ3) is 3.53. The molecule has 1 aromatic carbocycles. The van der Waals surface area contributed by atoms with E-state index in [1.165, 1.54) is 0 Å². The highest BCUT2D eigenvalue weighted by atomic mass is 32.1. The summed E-state index contributed by atoms with van der Waals surface area (Å²) >= 11 is 4.29. The van der Waals surface area contributed by atoms with Gasteiger partial charge in [-0.1, -0.05) is 18.2 Å². The molecule has 0 aliphatic rings. The highest BCUT2D eigenvalue weighted by molar-refractivity contribution is 7.80. The van der Waals surface area contributed by atoms with Gasteiger partial charge in [0, 0.05) is 18.1 Å². The van der Waals surface area contributed by atoms with Gasteiger partial charge in [-0.15, -0.1) is 0 Å². The fourth-order valence-electron chi connectivity index (χ4n) is 1.37. The largest absolute Gasteiger partial charge is 0.448 e.